The Hall–Kier alpha value is -1.65. The van der Waals surface area contributed by atoms with Crippen molar-refractivity contribution in [1.82, 2.24) is 20.2 Å². The summed E-state index contributed by atoms with van der Waals surface area (Å²) in [6.07, 6.45) is 11.8. The van der Waals surface area contributed by atoms with Gasteiger partial charge in [-0.05, 0) is 31.1 Å². The molecular formula is C14H19N5. The number of piperidine rings is 1. The molecule has 1 aliphatic carbocycles. The van der Waals surface area contributed by atoms with Crippen LogP contribution in [0.5, 0.6) is 0 Å². The Labute approximate surface area is 112 Å². The van der Waals surface area contributed by atoms with Crippen LogP contribution in [0, 0.1) is 5.41 Å². The van der Waals surface area contributed by atoms with Crippen molar-refractivity contribution in [3.63, 3.8) is 0 Å². The standard InChI is InChI=1S/C14H19N5/c1-2-4-14(3-1)5-7-19(8-6-14)13-11-9-17-18-12(11)15-10-16-13/h9-10H,1-8H2,(H,15,16,17,18). The second kappa shape index (κ2) is 4.18. The molecule has 0 radical (unpaired) electrons. The summed E-state index contributed by atoms with van der Waals surface area (Å²) in [5, 5.41) is 8.04. The Morgan fingerprint density at radius 2 is 1.84 bits per heavy atom. The molecule has 0 atom stereocenters. The molecule has 4 rings (SSSR count). The smallest absolute Gasteiger partial charge is 0.160 e. The van der Waals surface area contributed by atoms with Gasteiger partial charge in [0.05, 0.1) is 11.6 Å². The van der Waals surface area contributed by atoms with E-state index < -0.39 is 0 Å². The first-order valence-electron chi connectivity index (χ1n) is 7.25. The summed E-state index contributed by atoms with van der Waals surface area (Å²) in [6.45, 7) is 2.24. The van der Waals surface area contributed by atoms with Crippen LogP contribution < -0.4 is 4.90 Å². The van der Waals surface area contributed by atoms with Gasteiger partial charge >= 0.3 is 0 Å². The molecule has 2 fully saturated rings. The average molecular weight is 257 g/mol. The van der Waals surface area contributed by atoms with Crippen LogP contribution in [0.25, 0.3) is 11.0 Å². The highest BCUT2D eigenvalue weighted by Crippen LogP contribution is 2.46. The Morgan fingerprint density at radius 3 is 2.63 bits per heavy atom. The number of aromatic nitrogens is 4. The molecule has 1 spiro atoms. The fraction of sp³-hybridized carbons (Fsp3) is 0.643. The third-order valence-electron chi connectivity index (χ3n) is 5.01. The highest BCUT2D eigenvalue weighted by atomic mass is 15.2. The molecule has 0 amide bonds. The molecule has 0 aromatic carbocycles. The van der Waals surface area contributed by atoms with Crippen LogP contribution in [0.2, 0.25) is 0 Å². The van der Waals surface area contributed by atoms with Crippen molar-refractivity contribution in [2.45, 2.75) is 38.5 Å². The lowest BCUT2D eigenvalue weighted by molar-refractivity contribution is 0.226. The monoisotopic (exact) mass is 257 g/mol. The number of hydrogen-bond donors (Lipinski definition) is 1. The molecule has 1 saturated heterocycles. The first-order valence-corrected chi connectivity index (χ1v) is 7.25. The van der Waals surface area contributed by atoms with Crippen molar-refractivity contribution in [3.05, 3.63) is 12.5 Å². The maximum atomic E-state index is 4.47. The van der Waals surface area contributed by atoms with Gasteiger partial charge in [-0.15, -0.1) is 0 Å². The summed E-state index contributed by atoms with van der Waals surface area (Å²) < 4.78 is 0. The number of anilines is 1. The van der Waals surface area contributed by atoms with Gasteiger partial charge in [-0.1, -0.05) is 12.8 Å². The molecule has 5 heteroatoms. The van der Waals surface area contributed by atoms with Crippen molar-refractivity contribution in [1.29, 1.82) is 0 Å². The summed E-state index contributed by atoms with van der Waals surface area (Å²) >= 11 is 0. The second-order valence-corrected chi connectivity index (χ2v) is 6.02. The third kappa shape index (κ3) is 1.79. The Balaban J connectivity index is 1.59. The van der Waals surface area contributed by atoms with E-state index in [1.165, 1.54) is 38.5 Å². The van der Waals surface area contributed by atoms with Gasteiger partial charge in [0.15, 0.2) is 5.65 Å². The van der Waals surface area contributed by atoms with Gasteiger partial charge < -0.3 is 4.90 Å². The number of fused-ring (bicyclic) bond motifs is 1. The highest BCUT2D eigenvalue weighted by Gasteiger charge is 2.37. The van der Waals surface area contributed by atoms with Gasteiger partial charge in [-0.3, -0.25) is 5.10 Å². The third-order valence-corrected chi connectivity index (χ3v) is 5.01. The Morgan fingerprint density at radius 1 is 1.05 bits per heavy atom. The van der Waals surface area contributed by atoms with E-state index in [1.54, 1.807) is 6.33 Å². The van der Waals surface area contributed by atoms with Gasteiger partial charge in [0.1, 0.15) is 12.1 Å². The minimum atomic E-state index is 0.652. The number of aromatic amines is 1. The molecule has 1 aliphatic heterocycles. The predicted octanol–water partition coefficient (Wildman–Crippen LogP) is 2.51. The molecule has 1 N–H and O–H groups in total. The maximum Gasteiger partial charge on any atom is 0.160 e. The van der Waals surface area contributed by atoms with Crippen LogP contribution in [-0.4, -0.2) is 33.3 Å². The summed E-state index contributed by atoms with van der Waals surface area (Å²) in [6, 6.07) is 0. The van der Waals surface area contributed by atoms with Gasteiger partial charge in [-0.25, -0.2) is 9.97 Å². The summed E-state index contributed by atoms with van der Waals surface area (Å²) in [4.78, 5) is 11.1. The Kier molecular flexibility index (Phi) is 2.47. The summed E-state index contributed by atoms with van der Waals surface area (Å²) in [7, 11) is 0. The van der Waals surface area contributed by atoms with E-state index in [2.05, 4.69) is 25.1 Å². The average Bonchev–Trinajstić information content (AvgIpc) is 3.09. The second-order valence-electron chi connectivity index (χ2n) is 6.02. The number of nitrogens with zero attached hydrogens (tertiary/aromatic N) is 4. The van der Waals surface area contributed by atoms with E-state index in [-0.39, 0.29) is 0 Å². The van der Waals surface area contributed by atoms with Crippen LogP contribution >= 0.6 is 0 Å². The largest absolute Gasteiger partial charge is 0.356 e. The van der Waals surface area contributed by atoms with Gasteiger partial charge in [0, 0.05) is 13.1 Å². The first-order chi connectivity index (χ1) is 9.36. The van der Waals surface area contributed by atoms with Gasteiger partial charge in [-0.2, -0.15) is 5.10 Å². The predicted molar refractivity (Wildman–Crippen MR) is 74.0 cm³/mol. The maximum absolute atomic E-state index is 4.47. The molecule has 3 heterocycles. The van der Waals surface area contributed by atoms with Crippen LogP contribution in [0.4, 0.5) is 5.82 Å². The van der Waals surface area contributed by atoms with E-state index in [4.69, 9.17) is 0 Å². The first kappa shape index (κ1) is 11.2. The lowest BCUT2D eigenvalue weighted by atomic mass is 9.77. The van der Waals surface area contributed by atoms with Crippen molar-refractivity contribution >= 4 is 16.9 Å². The lowest BCUT2D eigenvalue weighted by Crippen LogP contribution is -2.39. The van der Waals surface area contributed by atoms with Crippen molar-refractivity contribution in [2.75, 3.05) is 18.0 Å². The van der Waals surface area contributed by atoms with E-state index in [9.17, 15) is 0 Å². The molecule has 0 bridgehead atoms. The van der Waals surface area contributed by atoms with Crippen molar-refractivity contribution in [3.8, 4) is 0 Å². The van der Waals surface area contributed by atoms with Crippen molar-refractivity contribution < 1.29 is 0 Å². The summed E-state index contributed by atoms with van der Waals surface area (Å²) in [5.74, 6) is 1.05. The van der Waals surface area contributed by atoms with Gasteiger partial charge in [0.25, 0.3) is 0 Å². The number of hydrogen-bond acceptors (Lipinski definition) is 4. The zero-order valence-electron chi connectivity index (χ0n) is 11.1. The zero-order valence-corrected chi connectivity index (χ0v) is 11.1. The number of nitrogens with one attached hydrogen (secondary N) is 1. The molecule has 19 heavy (non-hydrogen) atoms. The minimum Gasteiger partial charge on any atom is -0.356 e. The molecule has 0 unspecified atom stereocenters. The van der Waals surface area contributed by atoms with Gasteiger partial charge in [0.2, 0.25) is 0 Å². The topological polar surface area (TPSA) is 57.7 Å². The molecule has 2 aromatic rings. The molecule has 5 nitrogen and oxygen atoms in total. The highest BCUT2D eigenvalue weighted by molar-refractivity contribution is 5.86. The van der Waals surface area contributed by atoms with E-state index in [0.717, 1.165) is 29.9 Å². The molecular weight excluding hydrogens is 238 g/mol. The minimum absolute atomic E-state index is 0.652. The van der Waals surface area contributed by atoms with E-state index in [1.807, 2.05) is 6.20 Å². The quantitative estimate of drug-likeness (QED) is 0.852. The van der Waals surface area contributed by atoms with E-state index in [0.29, 0.717) is 5.41 Å². The normalized spacial score (nSPS) is 22.4. The molecule has 100 valence electrons. The summed E-state index contributed by atoms with van der Waals surface area (Å²) in [5.41, 5.74) is 1.49. The number of rotatable bonds is 1. The zero-order chi connectivity index (χ0) is 12.7. The van der Waals surface area contributed by atoms with E-state index >= 15 is 0 Å². The van der Waals surface area contributed by atoms with Crippen LogP contribution in [0.15, 0.2) is 12.5 Å². The molecule has 2 aromatic heterocycles. The lowest BCUT2D eigenvalue weighted by Gasteiger charge is -2.40. The van der Waals surface area contributed by atoms with Crippen LogP contribution in [0.3, 0.4) is 0 Å². The van der Waals surface area contributed by atoms with Crippen LogP contribution in [0.1, 0.15) is 38.5 Å². The number of H-pyrrole nitrogens is 1. The Bertz CT molecular complexity index is 574. The molecule has 1 saturated carbocycles. The fourth-order valence-corrected chi connectivity index (χ4v) is 3.82. The fourth-order valence-electron chi connectivity index (χ4n) is 3.82. The molecule has 2 aliphatic rings. The van der Waals surface area contributed by atoms with Crippen molar-refractivity contribution in [2.24, 2.45) is 5.41 Å². The van der Waals surface area contributed by atoms with Crippen LogP contribution in [-0.2, 0) is 0 Å². The SMILES string of the molecule is c1nc(N2CCC3(CCCC3)CC2)c2cn[nH]c2n1.